The van der Waals surface area contributed by atoms with E-state index in [0.29, 0.717) is 12.1 Å². The Bertz CT molecular complexity index is 778. The summed E-state index contributed by atoms with van der Waals surface area (Å²) in [5.41, 5.74) is 0.617. The Hall–Kier alpha value is -2.19. The van der Waals surface area contributed by atoms with Crippen molar-refractivity contribution >= 4 is 17.6 Å². The van der Waals surface area contributed by atoms with Crippen LogP contribution in [0.2, 0.25) is 0 Å². The van der Waals surface area contributed by atoms with Gasteiger partial charge in [0.1, 0.15) is 5.82 Å². The zero-order valence-corrected chi connectivity index (χ0v) is 19.9. The van der Waals surface area contributed by atoms with Crippen molar-refractivity contribution in [3.63, 3.8) is 0 Å². The third kappa shape index (κ3) is 5.23. The van der Waals surface area contributed by atoms with Crippen LogP contribution in [0, 0.1) is 0 Å². The topological polar surface area (TPSA) is 63.2 Å². The second-order valence-corrected chi connectivity index (χ2v) is 9.68. The molecular formula is C24H38N6O2. The van der Waals surface area contributed by atoms with Crippen molar-refractivity contribution in [3.05, 3.63) is 23.9 Å². The van der Waals surface area contributed by atoms with E-state index in [1.165, 1.54) is 19.3 Å². The van der Waals surface area contributed by atoms with Crippen LogP contribution in [0.5, 0.6) is 0 Å². The van der Waals surface area contributed by atoms with Crippen molar-refractivity contribution < 1.29 is 9.59 Å². The molecule has 0 atom stereocenters. The molecule has 2 aliphatic heterocycles. The molecule has 3 aliphatic rings. The second kappa shape index (κ2) is 10.2. The standard InChI is InChI=1S/C24H38N6O2/c1-19(2)26(3)24(32)20-7-8-22(25-17-20)29-11-9-27(10-12-29)18-23(31)30-15-13-28(14-16-30)21-5-4-6-21/h7-8,17,19,21H,4-6,9-16,18H2,1-3H3. The van der Waals surface area contributed by atoms with Crippen molar-refractivity contribution in [2.24, 2.45) is 0 Å². The monoisotopic (exact) mass is 442 g/mol. The number of amides is 2. The number of nitrogens with zero attached hydrogens (tertiary/aromatic N) is 6. The van der Waals surface area contributed by atoms with Crippen LogP contribution >= 0.6 is 0 Å². The van der Waals surface area contributed by atoms with E-state index in [2.05, 4.69) is 19.7 Å². The molecular weight excluding hydrogens is 404 g/mol. The molecule has 0 unspecified atom stereocenters. The highest BCUT2D eigenvalue weighted by Gasteiger charge is 2.30. The molecule has 2 saturated heterocycles. The molecule has 2 amide bonds. The number of aromatic nitrogens is 1. The zero-order valence-electron chi connectivity index (χ0n) is 19.9. The van der Waals surface area contributed by atoms with Gasteiger partial charge in [-0.25, -0.2) is 4.98 Å². The second-order valence-electron chi connectivity index (χ2n) is 9.68. The van der Waals surface area contributed by atoms with Gasteiger partial charge in [0.2, 0.25) is 5.91 Å². The highest BCUT2D eigenvalue weighted by Crippen LogP contribution is 2.25. The first-order chi connectivity index (χ1) is 15.4. The summed E-state index contributed by atoms with van der Waals surface area (Å²) in [5.74, 6) is 1.16. The summed E-state index contributed by atoms with van der Waals surface area (Å²) >= 11 is 0. The van der Waals surface area contributed by atoms with Gasteiger partial charge in [0.15, 0.2) is 0 Å². The van der Waals surface area contributed by atoms with Crippen LogP contribution in [0.4, 0.5) is 5.82 Å². The predicted molar refractivity (Wildman–Crippen MR) is 126 cm³/mol. The maximum absolute atomic E-state index is 12.8. The van der Waals surface area contributed by atoms with E-state index in [1.54, 1.807) is 11.1 Å². The molecule has 1 saturated carbocycles. The lowest BCUT2D eigenvalue weighted by Crippen LogP contribution is -2.56. The van der Waals surface area contributed by atoms with Gasteiger partial charge >= 0.3 is 0 Å². The van der Waals surface area contributed by atoms with E-state index in [9.17, 15) is 9.59 Å². The molecule has 3 heterocycles. The molecule has 0 radical (unpaired) electrons. The number of rotatable bonds is 6. The van der Waals surface area contributed by atoms with Gasteiger partial charge in [0, 0.05) is 77.7 Å². The predicted octanol–water partition coefficient (Wildman–Crippen LogP) is 1.38. The van der Waals surface area contributed by atoms with Crippen LogP contribution in [0.1, 0.15) is 43.5 Å². The Kier molecular flexibility index (Phi) is 7.30. The summed E-state index contributed by atoms with van der Waals surface area (Å²) in [4.78, 5) is 40.6. The fourth-order valence-corrected chi connectivity index (χ4v) is 4.65. The molecule has 4 rings (SSSR count). The molecule has 0 aromatic carbocycles. The number of carbonyl (C=O) groups is 2. The van der Waals surface area contributed by atoms with Crippen LogP contribution in [0.3, 0.4) is 0 Å². The molecule has 0 spiro atoms. The van der Waals surface area contributed by atoms with E-state index < -0.39 is 0 Å². The molecule has 0 N–H and O–H groups in total. The molecule has 8 heteroatoms. The van der Waals surface area contributed by atoms with Gasteiger partial charge in [-0.3, -0.25) is 19.4 Å². The number of pyridine rings is 1. The van der Waals surface area contributed by atoms with Gasteiger partial charge in [-0.05, 0) is 38.8 Å². The smallest absolute Gasteiger partial charge is 0.255 e. The first kappa shape index (κ1) is 23.0. The van der Waals surface area contributed by atoms with Gasteiger partial charge in [0.25, 0.3) is 5.91 Å². The van der Waals surface area contributed by atoms with Gasteiger partial charge in [-0.2, -0.15) is 0 Å². The van der Waals surface area contributed by atoms with Crippen molar-refractivity contribution in [3.8, 4) is 0 Å². The number of hydrogen-bond acceptors (Lipinski definition) is 6. The van der Waals surface area contributed by atoms with E-state index >= 15 is 0 Å². The van der Waals surface area contributed by atoms with Crippen molar-refractivity contribution in [2.45, 2.75) is 45.2 Å². The van der Waals surface area contributed by atoms with Crippen LogP contribution in [0.25, 0.3) is 0 Å². The molecule has 1 aromatic rings. The summed E-state index contributed by atoms with van der Waals surface area (Å²) < 4.78 is 0. The van der Waals surface area contributed by atoms with E-state index in [1.807, 2.05) is 37.9 Å². The summed E-state index contributed by atoms with van der Waals surface area (Å²) in [6.07, 6.45) is 5.71. The quantitative estimate of drug-likeness (QED) is 0.663. The Labute approximate surface area is 192 Å². The average Bonchev–Trinajstić information content (AvgIpc) is 2.78. The SMILES string of the molecule is CC(C)N(C)C(=O)c1ccc(N2CCN(CC(=O)N3CCN(C4CCC4)CC3)CC2)nc1. The van der Waals surface area contributed by atoms with Crippen LogP contribution in [0.15, 0.2) is 18.3 Å². The lowest BCUT2D eigenvalue weighted by molar-refractivity contribution is -0.134. The molecule has 1 aliphatic carbocycles. The molecule has 3 fully saturated rings. The van der Waals surface area contributed by atoms with Gasteiger partial charge in [-0.15, -0.1) is 0 Å². The minimum absolute atomic E-state index is 0.00379. The number of carbonyl (C=O) groups excluding carboxylic acids is 2. The van der Waals surface area contributed by atoms with E-state index in [0.717, 1.165) is 64.2 Å². The van der Waals surface area contributed by atoms with Crippen molar-refractivity contribution in [2.75, 3.05) is 70.9 Å². The third-order valence-electron chi connectivity index (χ3n) is 7.40. The maximum atomic E-state index is 12.8. The minimum atomic E-state index is -0.00379. The van der Waals surface area contributed by atoms with Gasteiger partial charge in [-0.1, -0.05) is 6.42 Å². The molecule has 1 aromatic heterocycles. The Morgan fingerprint density at radius 2 is 1.72 bits per heavy atom. The lowest BCUT2D eigenvalue weighted by Gasteiger charge is -2.43. The van der Waals surface area contributed by atoms with Gasteiger partial charge < -0.3 is 14.7 Å². The van der Waals surface area contributed by atoms with Crippen LogP contribution in [-0.2, 0) is 4.79 Å². The average molecular weight is 443 g/mol. The van der Waals surface area contributed by atoms with Crippen molar-refractivity contribution in [1.82, 2.24) is 24.6 Å². The molecule has 32 heavy (non-hydrogen) atoms. The Balaban J connectivity index is 1.21. The third-order valence-corrected chi connectivity index (χ3v) is 7.40. The van der Waals surface area contributed by atoms with E-state index in [4.69, 9.17) is 0 Å². The van der Waals surface area contributed by atoms with E-state index in [-0.39, 0.29) is 17.9 Å². The summed E-state index contributed by atoms with van der Waals surface area (Å²) in [6.45, 7) is 11.7. The lowest BCUT2D eigenvalue weighted by atomic mass is 9.91. The normalized spacial score (nSPS) is 21.0. The zero-order chi connectivity index (χ0) is 22.7. The molecule has 0 bridgehead atoms. The number of piperazine rings is 2. The van der Waals surface area contributed by atoms with Crippen LogP contribution < -0.4 is 4.90 Å². The number of hydrogen-bond donors (Lipinski definition) is 0. The number of anilines is 1. The maximum Gasteiger partial charge on any atom is 0.255 e. The fraction of sp³-hybridized carbons (Fsp3) is 0.708. The van der Waals surface area contributed by atoms with Crippen molar-refractivity contribution in [1.29, 1.82) is 0 Å². The first-order valence-corrected chi connectivity index (χ1v) is 12.1. The summed E-state index contributed by atoms with van der Waals surface area (Å²) in [6, 6.07) is 4.73. The molecule has 8 nitrogen and oxygen atoms in total. The highest BCUT2D eigenvalue weighted by molar-refractivity contribution is 5.94. The highest BCUT2D eigenvalue weighted by atomic mass is 16.2. The minimum Gasteiger partial charge on any atom is -0.354 e. The Morgan fingerprint density at radius 3 is 2.25 bits per heavy atom. The molecule has 176 valence electrons. The summed E-state index contributed by atoms with van der Waals surface area (Å²) in [7, 11) is 1.82. The first-order valence-electron chi connectivity index (χ1n) is 12.1. The van der Waals surface area contributed by atoms with Crippen LogP contribution in [-0.4, -0.2) is 114 Å². The Morgan fingerprint density at radius 1 is 1.03 bits per heavy atom. The summed E-state index contributed by atoms with van der Waals surface area (Å²) in [5, 5.41) is 0. The fourth-order valence-electron chi connectivity index (χ4n) is 4.65. The largest absolute Gasteiger partial charge is 0.354 e. The van der Waals surface area contributed by atoms with Gasteiger partial charge in [0.05, 0.1) is 12.1 Å².